The van der Waals surface area contributed by atoms with Gasteiger partial charge in [-0.2, -0.15) is 0 Å². The fourth-order valence-electron chi connectivity index (χ4n) is 2.43. The second-order valence-corrected chi connectivity index (χ2v) is 4.93. The van der Waals surface area contributed by atoms with Crippen LogP contribution >= 0.6 is 0 Å². The Morgan fingerprint density at radius 2 is 2.06 bits per heavy atom. The number of carbonyl (C=O) groups is 1. The largest absolute Gasteiger partial charge is 0.467 e. The Labute approximate surface area is 109 Å². The van der Waals surface area contributed by atoms with E-state index in [9.17, 15) is 4.79 Å². The molecular formula is C15H21NO2. The minimum absolute atomic E-state index is 0.178. The third-order valence-corrected chi connectivity index (χ3v) is 3.45. The van der Waals surface area contributed by atoms with Crippen molar-refractivity contribution in [1.29, 1.82) is 0 Å². The first-order chi connectivity index (χ1) is 8.73. The Balaban J connectivity index is 2.37. The van der Waals surface area contributed by atoms with Crippen molar-refractivity contribution >= 4 is 5.97 Å². The molecule has 1 aliphatic carbocycles. The number of benzene rings is 1. The zero-order chi connectivity index (χ0) is 13.0. The Bertz CT molecular complexity index is 400. The van der Waals surface area contributed by atoms with E-state index in [1.54, 1.807) is 0 Å². The summed E-state index contributed by atoms with van der Waals surface area (Å²) in [4.78, 5) is 12.3. The molecule has 0 spiro atoms. The standard InChI is InChI=1S/C15H21NO2/c1-3-11-15(14(17)18-2,16-13-9-10-13)12-7-5-4-6-8-12/h4-8,13,16H,3,9-11H2,1-2H3. The van der Waals surface area contributed by atoms with Crippen molar-refractivity contribution in [3.63, 3.8) is 0 Å². The van der Waals surface area contributed by atoms with Crippen molar-refractivity contribution in [2.24, 2.45) is 0 Å². The number of hydrogen-bond acceptors (Lipinski definition) is 3. The maximum Gasteiger partial charge on any atom is 0.330 e. The fraction of sp³-hybridized carbons (Fsp3) is 0.533. The van der Waals surface area contributed by atoms with Gasteiger partial charge in [-0.1, -0.05) is 43.7 Å². The van der Waals surface area contributed by atoms with E-state index in [1.165, 1.54) is 7.11 Å². The molecule has 1 unspecified atom stereocenters. The Morgan fingerprint density at radius 3 is 2.56 bits per heavy atom. The zero-order valence-corrected chi connectivity index (χ0v) is 11.1. The maximum absolute atomic E-state index is 12.3. The highest BCUT2D eigenvalue weighted by molar-refractivity contribution is 5.82. The van der Waals surface area contributed by atoms with Crippen LogP contribution < -0.4 is 5.32 Å². The number of ether oxygens (including phenoxy) is 1. The van der Waals surface area contributed by atoms with Gasteiger partial charge in [-0.25, -0.2) is 4.79 Å². The van der Waals surface area contributed by atoms with Gasteiger partial charge in [0.2, 0.25) is 0 Å². The van der Waals surface area contributed by atoms with Crippen LogP contribution in [0.5, 0.6) is 0 Å². The molecule has 1 aliphatic rings. The molecule has 1 atom stereocenters. The molecule has 1 aromatic rings. The van der Waals surface area contributed by atoms with Crippen LogP contribution in [0.15, 0.2) is 30.3 Å². The van der Waals surface area contributed by atoms with E-state index >= 15 is 0 Å². The summed E-state index contributed by atoms with van der Waals surface area (Å²) in [6.07, 6.45) is 3.99. The first kappa shape index (κ1) is 13.1. The van der Waals surface area contributed by atoms with Gasteiger partial charge in [0.05, 0.1) is 7.11 Å². The van der Waals surface area contributed by atoms with Crippen molar-refractivity contribution < 1.29 is 9.53 Å². The van der Waals surface area contributed by atoms with Crippen molar-refractivity contribution in [3.8, 4) is 0 Å². The monoisotopic (exact) mass is 247 g/mol. The summed E-state index contributed by atoms with van der Waals surface area (Å²) in [7, 11) is 1.46. The SMILES string of the molecule is CCCC(NC1CC1)(C(=O)OC)c1ccccc1. The number of carbonyl (C=O) groups excluding carboxylic acids is 1. The predicted octanol–water partition coefficient (Wildman–Crippen LogP) is 2.61. The minimum atomic E-state index is -0.675. The van der Waals surface area contributed by atoms with Crippen molar-refractivity contribution in [2.45, 2.75) is 44.2 Å². The van der Waals surface area contributed by atoms with E-state index in [1.807, 2.05) is 30.3 Å². The number of nitrogens with one attached hydrogen (secondary N) is 1. The van der Waals surface area contributed by atoms with Crippen LogP contribution in [0.25, 0.3) is 0 Å². The van der Waals surface area contributed by atoms with Crippen molar-refractivity contribution in [3.05, 3.63) is 35.9 Å². The van der Waals surface area contributed by atoms with Gasteiger partial charge in [0.25, 0.3) is 0 Å². The first-order valence-corrected chi connectivity index (χ1v) is 6.64. The van der Waals surface area contributed by atoms with Crippen LogP contribution in [0.1, 0.15) is 38.2 Å². The van der Waals surface area contributed by atoms with E-state index in [0.717, 1.165) is 31.2 Å². The molecule has 0 bridgehead atoms. The Morgan fingerprint density at radius 1 is 1.39 bits per heavy atom. The molecule has 3 heteroatoms. The molecule has 0 saturated heterocycles. The smallest absolute Gasteiger partial charge is 0.330 e. The molecule has 0 radical (unpaired) electrons. The summed E-state index contributed by atoms with van der Waals surface area (Å²) in [5, 5.41) is 3.50. The van der Waals surface area contributed by atoms with Gasteiger partial charge in [0.15, 0.2) is 0 Å². The van der Waals surface area contributed by atoms with Crippen molar-refractivity contribution in [2.75, 3.05) is 7.11 Å². The summed E-state index contributed by atoms with van der Waals surface area (Å²) in [6, 6.07) is 10.4. The van der Waals surface area contributed by atoms with E-state index in [2.05, 4.69) is 12.2 Å². The van der Waals surface area contributed by atoms with Gasteiger partial charge in [-0.05, 0) is 24.8 Å². The van der Waals surface area contributed by atoms with Gasteiger partial charge < -0.3 is 4.74 Å². The molecule has 0 aliphatic heterocycles. The summed E-state index contributed by atoms with van der Waals surface area (Å²) in [6.45, 7) is 2.09. The lowest BCUT2D eigenvalue weighted by Crippen LogP contribution is -2.50. The van der Waals surface area contributed by atoms with Crippen LogP contribution in [0, 0.1) is 0 Å². The predicted molar refractivity (Wildman–Crippen MR) is 71.2 cm³/mol. The molecule has 1 N–H and O–H groups in total. The molecule has 3 nitrogen and oxygen atoms in total. The summed E-state index contributed by atoms with van der Waals surface area (Å²) < 4.78 is 5.05. The highest BCUT2D eigenvalue weighted by atomic mass is 16.5. The molecule has 98 valence electrons. The minimum Gasteiger partial charge on any atom is -0.467 e. The lowest BCUT2D eigenvalue weighted by molar-refractivity contribution is -0.149. The number of hydrogen-bond donors (Lipinski definition) is 1. The number of methoxy groups -OCH3 is 1. The van der Waals surface area contributed by atoms with Gasteiger partial charge in [-0.15, -0.1) is 0 Å². The summed E-state index contributed by atoms with van der Waals surface area (Å²) in [5.74, 6) is -0.178. The van der Waals surface area contributed by atoms with E-state index < -0.39 is 5.54 Å². The second-order valence-electron chi connectivity index (χ2n) is 4.93. The molecule has 0 heterocycles. The average Bonchev–Trinajstić information content (AvgIpc) is 3.22. The molecule has 18 heavy (non-hydrogen) atoms. The van der Waals surface area contributed by atoms with E-state index in [-0.39, 0.29) is 5.97 Å². The lowest BCUT2D eigenvalue weighted by Gasteiger charge is -2.32. The van der Waals surface area contributed by atoms with Gasteiger partial charge in [0.1, 0.15) is 5.54 Å². The summed E-state index contributed by atoms with van der Waals surface area (Å²) in [5.41, 5.74) is 0.331. The van der Waals surface area contributed by atoms with Crippen LogP contribution in [-0.4, -0.2) is 19.1 Å². The highest BCUT2D eigenvalue weighted by Crippen LogP contribution is 2.33. The quantitative estimate of drug-likeness (QED) is 0.785. The molecule has 0 aromatic heterocycles. The van der Waals surface area contributed by atoms with E-state index in [0.29, 0.717) is 6.04 Å². The number of rotatable bonds is 6. The Kier molecular flexibility index (Phi) is 4.02. The van der Waals surface area contributed by atoms with E-state index in [4.69, 9.17) is 4.74 Å². The van der Waals surface area contributed by atoms with Crippen LogP contribution in [0.2, 0.25) is 0 Å². The molecule has 1 saturated carbocycles. The fourth-order valence-corrected chi connectivity index (χ4v) is 2.43. The van der Waals surface area contributed by atoms with Gasteiger partial charge >= 0.3 is 5.97 Å². The van der Waals surface area contributed by atoms with Crippen LogP contribution in [0.4, 0.5) is 0 Å². The molecule has 1 fully saturated rings. The maximum atomic E-state index is 12.3. The van der Waals surface area contributed by atoms with Gasteiger partial charge in [-0.3, -0.25) is 5.32 Å². The molecule has 1 aromatic carbocycles. The van der Waals surface area contributed by atoms with Crippen LogP contribution in [-0.2, 0) is 15.1 Å². The third kappa shape index (κ3) is 2.56. The molecular weight excluding hydrogens is 226 g/mol. The van der Waals surface area contributed by atoms with Crippen LogP contribution in [0.3, 0.4) is 0 Å². The Hall–Kier alpha value is -1.35. The highest BCUT2D eigenvalue weighted by Gasteiger charge is 2.44. The zero-order valence-electron chi connectivity index (χ0n) is 11.1. The second kappa shape index (κ2) is 5.53. The number of esters is 1. The topological polar surface area (TPSA) is 38.3 Å². The summed E-state index contributed by atoms with van der Waals surface area (Å²) >= 11 is 0. The first-order valence-electron chi connectivity index (χ1n) is 6.64. The van der Waals surface area contributed by atoms with Gasteiger partial charge in [0, 0.05) is 6.04 Å². The van der Waals surface area contributed by atoms with Crippen molar-refractivity contribution in [1.82, 2.24) is 5.32 Å². The lowest BCUT2D eigenvalue weighted by atomic mass is 9.85. The molecule has 0 amide bonds. The molecule has 2 rings (SSSR count). The average molecular weight is 247 g/mol. The third-order valence-electron chi connectivity index (χ3n) is 3.45. The normalized spacial score (nSPS) is 18.1.